The second kappa shape index (κ2) is 3.64. The first kappa shape index (κ1) is 9.56. The smallest absolute Gasteiger partial charge is 0.0498 e. The van der Waals surface area contributed by atoms with Crippen LogP contribution in [0.4, 0.5) is 0 Å². The highest BCUT2D eigenvalue weighted by Gasteiger charge is 2.06. The molecule has 0 saturated heterocycles. The van der Waals surface area contributed by atoms with Crippen molar-refractivity contribution in [1.29, 1.82) is 0 Å². The SMILES string of the molecule is CC(CN)n1ccc2ccc(Cl)cc21. The van der Waals surface area contributed by atoms with Crippen molar-refractivity contribution in [2.45, 2.75) is 13.0 Å². The van der Waals surface area contributed by atoms with Gasteiger partial charge in [-0.2, -0.15) is 0 Å². The Morgan fingerprint density at radius 1 is 1.43 bits per heavy atom. The van der Waals surface area contributed by atoms with Gasteiger partial charge in [0.15, 0.2) is 0 Å². The number of hydrogen-bond donors (Lipinski definition) is 1. The summed E-state index contributed by atoms with van der Waals surface area (Å²) in [6.45, 7) is 2.73. The Morgan fingerprint density at radius 2 is 2.21 bits per heavy atom. The van der Waals surface area contributed by atoms with Gasteiger partial charge in [0.1, 0.15) is 0 Å². The van der Waals surface area contributed by atoms with Crippen molar-refractivity contribution >= 4 is 22.5 Å². The lowest BCUT2D eigenvalue weighted by Gasteiger charge is -2.12. The third kappa shape index (κ3) is 1.51. The summed E-state index contributed by atoms with van der Waals surface area (Å²) in [4.78, 5) is 0. The fourth-order valence-electron chi connectivity index (χ4n) is 1.62. The topological polar surface area (TPSA) is 30.9 Å². The molecule has 0 spiro atoms. The Bertz CT molecular complexity index is 447. The van der Waals surface area contributed by atoms with Crippen LogP contribution in [0.1, 0.15) is 13.0 Å². The number of fused-ring (bicyclic) bond motifs is 1. The van der Waals surface area contributed by atoms with E-state index in [1.54, 1.807) is 0 Å². The Balaban J connectivity index is 2.61. The molecule has 1 unspecified atom stereocenters. The lowest BCUT2D eigenvalue weighted by Crippen LogP contribution is -2.14. The van der Waals surface area contributed by atoms with E-state index in [-0.39, 0.29) is 0 Å². The minimum Gasteiger partial charge on any atom is -0.343 e. The number of aromatic nitrogens is 1. The van der Waals surface area contributed by atoms with Crippen LogP contribution in [-0.4, -0.2) is 11.1 Å². The molecule has 1 atom stereocenters. The lowest BCUT2D eigenvalue weighted by molar-refractivity contribution is 0.577. The molecule has 0 radical (unpaired) electrons. The zero-order valence-corrected chi connectivity index (χ0v) is 8.83. The van der Waals surface area contributed by atoms with Gasteiger partial charge in [0, 0.05) is 29.3 Å². The molecule has 0 saturated carbocycles. The van der Waals surface area contributed by atoms with Gasteiger partial charge in [-0.15, -0.1) is 0 Å². The number of nitrogens with zero attached hydrogens (tertiary/aromatic N) is 1. The predicted molar refractivity (Wildman–Crippen MR) is 60.7 cm³/mol. The average Bonchev–Trinajstić information content (AvgIpc) is 2.59. The maximum absolute atomic E-state index is 5.95. The molecule has 14 heavy (non-hydrogen) atoms. The molecule has 0 amide bonds. The van der Waals surface area contributed by atoms with Crippen LogP contribution >= 0.6 is 11.6 Å². The van der Waals surface area contributed by atoms with Crippen LogP contribution in [0.25, 0.3) is 10.9 Å². The van der Waals surface area contributed by atoms with Crippen molar-refractivity contribution in [3.8, 4) is 0 Å². The van der Waals surface area contributed by atoms with Gasteiger partial charge in [0.05, 0.1) is 0 Å². The van der Waals surface area contributed by atoms with E-state index >= 15 is 0 Å². The van der Waals surface area contributed by atoms with Crippen LogP contribution in [0.15, 0.2) is 30.5 Å². The Kier molecular flexibility index (Phi) is 2.48. The molecule has 2 rings (SSSR count). The van der Waals surface area contributed by atoms with Crippen LogP contribution in [0, 0.1) is 0 Å². The van der Waals surface area contributed by atoms with Crippen LogP contribution in [0.3, 0.4) is 0 Å². The van der Waals surface area contributed by atoms with Crippen molar-refractivity contribution in [2.75, 3.05) is 6.54 Å². The average molecular weight is 209 g/mol. The zero-order chi connectivity index (χ0) is 10.1. The molecule has 3 heteroatoms. The van der Waals surface area contributed by atoms with Gasteiger partial charge < -0.3 is 10.3 Å². The predicted octanol–water partition coefficient (Wildman–Crippen LogP) is 2.81. The molecule has 1 aromatic carbocycles. The number of rotatable bonds is 2. The minimum atomic E-state index is 0.311. The monoisotopic (exact) mass is 208 g/mol. The van der Waals surface area contributed by atoms with Gasteiger partial charge in [0.25, 0.3) is 0 Å². The molecule has 0 bridgehead atoms. The Labute approximate surface area is 88.3 Å². The maximum atomic E-state index is 5.95. The van der Waals surface area contributed by atoms with Crippen LogP contribution in [0.5, 0.6) is 0 Å². The second-order valence-corrected chi connectivity index (χ2v) is 3.95. The number of nitrogens with two attached hydrogens (primary N) is 1. The quantitative estimate of drug-likeness (QED) is 0.809. The molecule has 1 aromatic heterocycles. The minimum absolute atomic E-state index is 0.311. The Hall–Kier alpha value is -0.990. The summed E-state index contributed by atoms with van der Waals surface area (Å²) in [5.41, 5.74) is 6.79. The molecular weight excluding hydrogens is 196 g/mol. The molecule has 0 aliphatic heterocycles. The highest BCUT2D eigenvalue weighted by atomic mass is 35.5. The fraction of sp³-hybridized carbons (Fsp3) is 0.273. The lowest BCUT2D eigenvalue weighted by atomic mass is 10.2. The molecule has 0 fully saturated rings. The van der Waals surface area contributed by atoms with E-state index in [9.17, 15) is 0 Å². The van der Waals surface area contributed by atoms with E-state index in [1.807, 2.05) is 18.2 Å². The van der Waals surface area contributed by atoms with Gasteiger partial charge in [-0.25, -0.2) is 0 Å². The van der Waals surface area contributed by atoms with Gasteiger partial charge in [0.2, 0.25) is 0 Å². The Morgan fingerprint density at radius 3 is 2.93 bits per heavy atom. The van der Waals surface area contributed by atoms with E-state index in [0.717, 1.165) is 10.5 Å². The van der Waals surface area contributed by atoms with Gasteiger partial charge in [-0.05, 0) is 30.5 Å². The standard InChI is InChI=1S/C11H13ClN2/c1-8(7-13)14-5-4-9-2-3-10(12)6-11(9)14/h2-6,8H,7,13H2,1H3. The van der Waals surface area contributed by atoms with Crippen molar-refractivity contribution in [2.24, 2.45) is 5.73 Å². The van der Waals surface area contributed by atoms with E-state index in [2.05, 4.69) is 23.8 Å². The van der Waals surface area contributed by atoms with Crippen LogP contribution < -0.4 is 5.73 Å². The fourth-order valence-corrected chi connectivity index (χ4v) is 1.79. The van der Waals surface area contributed by atoms with Gasteiger partial charge in [-0.1, -0.05) is 17.7 Å². The summed E-state index contributed by atoms with van der Waals surface area (Å²) in [6, 6.07) is 8.30. The summed E-state index contributed by atoms with van der Waals surface area (Å²) >= 11 is 5.95. The number of halogens is 1. The number of hydrogen-bond acceptors (Lipinski definition) is 1. The van der Waals surface area contributed by atoms with E-state index in [0.29, 0.717) is 12.6 Å². The van der Waals surface area contributed by atoms with Crippen molar-refractivity contribution in [3.63, 3.8) is 0 Å². The van der Waals surface area contributed by atoms with E-state index in [4.69, 9.17) is 17.3 Å². The summed E-state index contributed by atoms with van der Waals surface area (Å²) < 4.78 is 2.15. The van der Waals surface area contributed by atoms with Gasteiger partial charge in [-0.3, -0.25) is 0 Å². The van der Waals surface area contributed by atoms with Crippen molar-refractivity contribution in [3.05, 3.63) is 35.5 Å². The third-order valence-electron chi connectivity index (χ3n) is 2.50. The van der Waals surface area contributed by atoms with Gasteiger partial charge >= 0.3 is 0 Å². The van der Waals surface area contributed by atoms with Crippen molar-refractivity contribution < 1.29 is 0 Å². The third-order valence-corrected chi connectivity index (χ3v) is 2.74. The molecule has 74 valence electrons. The molecule has 2 nitrogen and oxygen atoms in total. The molecule has 1 heterocycles. The van der Waals surface area contributed by atoms with E-state index < -0.39 is 0 Å². The highest BCUT2D eigenvalue weighted by molar-refractivity contribution is 6.31. The first-order valence-electron chi connectivity index (χ1n) is 4.68. The highest BCUT2D eigenvalue weighted by Crippen LogP contribution is 2.23. The van der Waals surface area contributed by atoms with Crippen molar-refractivity contribution in [1.82, 2.24) is 4.57 Å². The molecule has 0 aliphatic carbocycles. The molecule has 0 aliphatic rings. The zero-order valence-electron chi connectivity index (χ0n) is 8.07. The molecule has 2 N–H and O–H groups in total. The number of benzene rings is 1. The normalized spacial score (nSPS) is 13.4. The second-order valence-electron chi connectivity index (χ2n) is 3.51. The van der Waals surface area contributed by atoms with Crippen LogP contribution in [0.2, 0.25) is 5.02 Å². The summed E-state index contributed by atoms with van der Waals surface area (Å²) in [5, 5.41) is 1.97. The molecular formula is C11H13ClN2. The summed E-state index contributed by atoms with van der Waals surface area (Å²) in [5.74, 6) is 0. The molecule has 2 aromatic rings. The maximum Gasteiger partial charge on any atom is 0.0498 e. The first-order valence-corrected chi connectivity index (χ1v) is 5.06. The summed E-state index contributed by atoms with van der Waals surface area (Å²) in [6.07, 6.45) is 2.05. The first-order chi connectivity index (χ1) is 6.72. The largest absolute Gasteiger partial charge is 0.343 e. The summed E-state index contributed by atoms with van der Waals surface area (Å²) in [7, 11) is 0. The van der Waals surface area contributed by atoms with E-state index in [1.165, 1.54) is 5.39 Å². The van der Waals surface area contributed by atoms with Crippen LogP contribution in [-0.2, 0) is 0 Å².